The second-order valence-corrected chi connectivity index (χ2v) is 6.64. The first-order valence-electron chi connectivity index (χ1n) is 6.81. The summed E-state index contributed by atoms with van der Waals surface area (Å²) in [6.45, 7) is 8.75. The third-order valence-electron chi connectivity index (χ3n) is 3.89. The maximum Gasteiger partial charge on any atom is 0.0453 e. The SMILES string of the molecule is CNC(Cc1ccc(C)c(C)c1)c1cc(C)c(C)s1. The van der Waals surface area contributed by atoms with E-state index in [0.717, 1.165) is 6.42 Å². The lowest BCUT2D eigenvalue weighted by atomic mass is 10.00. The largest absolute Gasteiger partial charge is 0.312 e. The first kappa shape index (κ1) is 14.3. The summed E-state index contributed by atoms with van der Waals surface area (Å²) in [6.07, 6.45) is 1.05. The molecule has 2 heteroatoms. The second kappa shape index (κ2) is 5.89. The summed E-state index contributed by atoms with van der Waals surface area (Å²) >= 11 is 1.91. The molecule has 0 amide bonds. The molecule has 2 aromatic rings. The van der Waals surface area contributed by atoms with Crippen LogP contribution in [-0.4, -0.2) is 7.05 Å². The van der Waals surface area contributed by atoms with Gasteiger partial charge in [-0.2, -0.15) is 0 Å². The van der Waals surface area contributed by atoms with Gasteiger partial charge in [-0.25, -0.2) is 0 Å². The molecule has 1 aromatic heterocycles. The minimum Gasteiger partial charge on any atom is -0.312 e. The van der Waals surface area contributed by atoms with Crippen molar-refractivity contribution in [1.29, 1.82) is 0 Å². The average molecular weight is 273 g/mol. The van der Waals surface area contributed by atoms with Crippen LogP contribution in [0.25, 0.3) is 0 Å². The Balaban J connectivity index is 2.21. The second-order valence-electron chi connectivity index (χ2n) is 5.35. The molecule has 0 saturated heterocycles. The number of benzene rings is 1. The summed E-state index contributed by atoms with van der Waals surface area (Å²) in [6, 6.07) is 9.52. The van der Waals surface area contributed by atoms with E-state index in [0.29, 0.717) is 6.04 Å². The lowest BCUT2D eigenvalue weighted by Gasteiger charge is -2.15. The summed E-state index contributed by atoms with van der Waals surface area (Å²) < 4.78 is 0. The average Bonchev–Trinajstić information content (AvgIpc) is 2.71. The van der Waals surface area contributed by atoms with E-state index in [2.05, 4.69) is 64.3 Å². The number of nitrogens with one attached hydrogen (secondary N) is 1. The van der Waals surface area contributed by atoms with Crippen molar-refractivity contribution in [1.82, 2.24) is 5.32 Å². The first-order chi connectivity index (χ1) is 9.01. The zero-order valence-electron chi connectivity index (χ0n) is 12.5. The van der Waals surface area contributed by atoms with Crippen molar-refractivity contribution >= 4 is 11.3 Å². The Morgan fingerprint density at radius 3 is 2.26 bits per heavy atom. The highest BCUT2D eigenvalue weighted by atomic mass is 32.1. The molecule has 1 N–H and O–H groups in total. The fraction of sp³-hybridized carbons (Fsp3) is 0.412. The number of thiophene rings is 1. The van der Waals surface area contributed by atoms with Crippen molar-refractivity contribution in [3.05, 3.63) is 56.3 Å². The molecule has 0 spiro atoms. The number of rotatable bonds is 4. The molecule has 0 aliphatic rings. The molecule has 1 aromatic carbocycles. The molecule has 0 bridgehead atoms. The Kier molecular flexibility index (Phi) is 4.43. The predicted octanol–water partition coefficient (Wildman–Crippen LogP) is 4.48. The van der Waals surface area contributed by atoms with Gasteiger partial charge in [0.05, 0.1) is 0 Å². The molecule has 1 unspecified atom stereocenters. The third-order valence-corrected chi connectivity index (χ3v) is 5.15. The molecule has 102 valence electrons. The number of likely N-dealkylation sites (N-methyl/N-ethyl adjacent to an activating group) is 1. The van der Waals surface area contributed by atoms with E-state index < -0.39 is 0 Å². The Bertz CT molecular complexity index is 549. The van der Waals surface area contributed by atoms with E-state index in [1.807, 2.05) is 11.3 Å². The minimum atomic E-state index is 0.416. The van der Waals surface area contributed by atoms with Gasteiger partial charge in [-0.15, -0.1) is 11.3 Å². The van der Waals surface area contributed by atoms with Crippen LogP contribution in [0.4, 0.5) is 0 Å². The highest BCUT2D eigenvalue weighted by Crippen LogP contribution is 2.28. The molecule has 0 fully saturated rings. The van der Waals surface area contributed by atoms with Crippen LogP contribution in [0.3, 0.4) is 0 Å². The van der Waals surface area contributed by atoms with E-state index in [9.17, 15) is 0 Å². The third kappa shape index (κ3) is 3.26. The molecule has 2 rings (SSSR count). The fourth-order valence-corrected chi connectivity index (χ4v) is 3.44. The van der Waals surface area contributed by atoms with Crippen LogP contribution >= 0.6 is 11.3 Å². The van der Waals surface area contributed by atoms with Gasteiger partial charge in [-0.3, -0.25) is 0 Å². The summed E-state index contributed by atoms with van der Waals surface area (Å²) in [4.78, 5) is 2.87. The standard InChI is InChI=1S/C17H23NS/c1-11-6-7-15(8-12(11)2)10-16(18-5)17-9-13(3)14(4)19-17/h6-9,16,18H,10H2,1-5H3. The molecule has 0 aliphatic heterocycles. The summed E-state index contributed by atoms with van der Waals surface area (Å²) in [5.74, 6) is 0. The van der Waals surface area contributed by atoms with Gasteiger partial charge < -0.3 is 5.32 Å². The van der Waals surface area contributed by atoms with Crippen molar-refractivity contribution in [3.63, 3.8) is 0 Å². The van der Waals surface area contributed by atoms with Gasteiger partial charge >= 0.3 is 0 Å². The highest BCUT2D eigenvalue weighted by molar-refractivity contribution is 7.12. The topological polar surface area (TPSA) is 12.0 Å². The van der Waals surface area contributed by atoms with E-state index in [4.69, 9.17) is 0 Å². The van der Waals surface area contributed by atoms with Crippen LogP contribution in [0.5, 0.6) is 0 Å². The lowest BCUT2D eigenvalue weighted by Crippen LogP contribution is -2.17. The van der Waals surface area contributed by atoms with E-state index >= 15 is 0 Å². The smallest absolute Gasteiger partial charge is 0.0453 e. The zero-order chi connectivity index (χ0) is 14.0. The first-order valence-corrected chi connectivity index (χ1v) is 7.63. The van der Waals surface area contributed by atoms with Crippen LogP contribution in [0.1, 0.15) is 38.0 Å². The van der Waals surface area contributed by atoms with E-state index in [-0.39, 0.29) is 0 Å². The van der Waals surface area contributed by atoms with Crippen LogP contribution in [0.2, 0.25) is 0 Å². The van der Waals surface area contributed by atoms with Gasteiger partial charge in [0.15, 0.2) is 0 Å². The maximum atomic E-state index is 3.45. The monoisotopic (exact) mass is 273 g/mol. The molecule has 1 atom stereocenters. The molecule has 19 heavy (non-hydrogen) atoms. The van der Waals surface area contributed by atoms with Crippen LogP contribution in [0.15, 0.2) is 24.3 Å². The fourth-order valence-electron chi connectivity index (χ4n) is 2.28. The summed E-state index contributed by atoms with van der Waals surface area (Å²) in [5.41, 5.74) is 5.56. The summed E-state index contributed by atoms with van der Waals surface area (Å²) in [7, 11) is 2.05. The number of aryl methyl sites for hydroxylation is 4. The van der Waals surface area contributed by atoms with Crippen molar-refractivity contribution in [2.45, 2.75) is 40.2 Å². The molecule has 0 aliphatic carbocycles. The van der Waals surface area contributed by atoms with Gasteiger partial charge in [0.1, 0.15) is 0 Å². The minimum absolute atomic E-state index is 0.416. The molecule has 1 nitrogen and oxygen atoms in total. The highest BCUT2D eigenvalue weighted by Gasteiger charge is 2.14. The molecular formula is C17H23NS. The Morgan fingerprint density at radius 1 is 1.00 bits per heavy atom. The van der Waals surface area contributed by atoms with Crippen molar-refractivity contribution in [2.75, 3.05) is 7.05 Å². The van der Waals surface area contributed by atoms with Gasteiger partial charge in [-0.1, -0.05) is 18.2 Å². The summed E-state index contributed by atoms with van der Waals surface area (Å²) in [5, 5.41) is 3.45. The Morgan fingerprint density at radius 2 is 1.74 bits per heavy atom. The van der Waals surface area contributed by atoms with Gasteiger partial charge in [0.2, 0.25) is 0 Å². The normalized spacial score (nSPS) is 12.7. The quantitative estimate of drug-likeness (QED) is 0.865. The zero-order valence-corrected chi connectivity index (χ0v) is 13.3. The van der Waals surface area contributed by atoms with Crippen LogP contribution in [-0.2, 0) is 6.42 Å². The maximum absolute atomic E-state index is 3.45. The van der Waals surface area contributed by atoms with Crippen molar-refractivity contribution < 1.29 is 0 Å². The Labute approximate surface area is 120 Å². The van der Waals surface area contributed by atoms with Crippen LogP contribution in [0, 0.1) is 27.7 Å². The lowest BCUT2D eigenvalue weighted by molar-refractivity contribution is 0.601. The molecule has 0 radical (unpaired) electrons. The van der Waals surface area contributed by atoms with Gasteiger partial charge in [-0.05, 0) is 69.5 Å². The Hall–Kier alpha value is -1.12. The van der Waals surface area contributed by atoms with E-state index in [1.165, 1.54) is 32.0 Å². The number of hydrogen-bond donors (Lipinski definition) is 1. The van der Waals surface area contributed by atoms with Crippen LogP contribution < -0.4 is 5.32 Å². The molecule has 1 heterocycles. The van der Waals surface area contributed by atoms with Crippen molar-refractivity contribution in [3.8, 4) is 0 Å². The van der Waals surface area contributed by atoms with Crippen molar-refractivity contribution in [2.24, 2.45) is 0 Å². The number of hydrogen-bond acceptors (Lipinski definition) is 2. The van der Waals surface area contributed by atoms with E-state index in [1.54, 1.807) is 0 Å². The molecule has 0 saturated carbocycles. The van der Waals surface area contributed by atoms with Gasteiger partial charge in [0, 0.05) is 15.8 Å². The predicted molar refractivity (Wildman–Crippen MR) is 85.2 cm³/mol. The van der Waals surface area contributed by atoms with Gasteiger partial charge in [0.25, 0.3) is 0 Å². The molecular weight excluding hydrogens is 250 g/mol.